The number of carbonyl (C=O) groups excluding carboxylic acids is 1. The minimum absolute atomic E-state index is 0. The van der Waals surface area contributed by atoms with Crippen molar-refractivity contribution < 1.29 is 15.0 Å². The summed E-state index contributed by atoms with van der Waals surface area (Å²) in [5.41, 5.74) is 4.50. The van der Waals surface area contributed by atoms with Gasteiger partial charge in [0, 0.05) is 38.6 Å². The molecule has 1 aromatic heterocycles. The number of nitrogens with zero attached hydrogens (tertiary/aromatic N) is 3. The van der Waals surface area contributed by atoms with Crippen LogP contribution in [0.3, 0.4) is 0 Å². The lowest BCUT2D eigenvalue weighted by atomic mass is 10.0. The molecule has 4 rings (SSSR count). The maximum atomic E-state index is 14.0. The van der Waals surface area contributed by atoms with Gasteiger partial charge < -0.3 is 10.2 Å². The highest BCUT2D eigenvalue weighted by molar-refractivity contribution is 6.02. The zero-order valence-electron chi connectivity index (χ0n) is 18.5. The van der Waals surface area contributed by atoms with E-state index in [1.54, 1.807) is 4.90 Å². The molecule has 0 radical (unpaired) electrons. The third-order valence-electron chi connectivity index (χ3n) is 6.05. The van der Waals surface area contributed by atoms with E-state index in [9.17, 15) is 13.6 Å². The molecule has 1 aliphatic heterocycles. The predicted molar refractivity (Wildman–Crippen MR) is 124 cm³/mol. The van der Waals surface area contributed by atoms with Crippen LogP contribution in [0.15, 0.2) is 53.8 Å². The van der Waals surface area contributed by atoms with Crippen LogP contribution in [0.2, 0.25) is 0 Å². The van der Waals surface area contributed by atoms with E-state index in [1.807, 2.05) is 56.3 Å². The first-order valence-electron chi connectivity index (χ1n) is 11.1. The Kier molecular flexibility index (Phi) is 6.35. The SMILES string of the molecule is CC1=CC(NC(=O)c2c(N3CCCC(F)(F)CC3)nnc(-c3ccccc3)c2C)=CCC1.[HH]. The summed E-state index contributed by atoms with van der Waals surface area (Å²) in [6.07, 6.45) is 5.73. The van der Waals surface area contributed by atoms with Crippen LogP contribution in [0.1, 0.15) is 56.4 Å². The molecule has 1 aromatic carbocycles. The maximum absolute atomic E-state index is 14.0. The summed E-state index contributed by atoms with van der Waals surface area (Å²) in [4.78, 5) is 15.3. The number of alkyl halides is 2. The van der Waals surface area contributed by atoms with E-state index in [1.165, 1.54) is 5.57 Å². The van der Waals surface area contributed by atoms with Gasteiger partial charge in [0.2, 0.25) is 5.92 Å². The molecule has 1 fully saturated rings. The van der Waals surface area contributed by atoms with Gasteiger partial charge in [-0.05, 0) is 44.7 Å². The number of rotatable bonds is 4. The average Bonchev–Trinajstić information content (AvgIpc) is 2.94. The van der Waals surface area contributed by atoms with Gasteiger partial charge in [0.15, 0.2) is 5.82 Å². The standard InChI is InChI=1S/C25H28F2N4O.H2/c1-17-8-6-11-20(16-17)28-24(32)21-18(2)22(19-9-4-3-5-10-19)29-30-23(21)31-14-7-12-25(26,27)13-15-31;/h3-5,9-11,16H,6-8,12-15H2,1-2H3,(H,28,32);1H. The molecule has 32 heavy (non-hydrogen) atoms. The highest BCUT2D eigenvalue weighted by Crippen LogP contribution is 2.33. The fraction of sp³-hybridized carbons (Fsp3) is 0.400. The van der Waals surface area contributed by atoms with Gasteiger partial charge in [0.05, 0.1) is 11.3 Å². The molecule has 0 spiro atoms. The summed E-state index contributed by atoms with van der Waals surface area (Å²) in [7, 11) is 0. The van der Waals surface area contributed by atoms with Gasteiger partial charge in [-0.15, -0.1) is 10.2 Å². The Morgan fingerprint density at radius 3 is 2.66 bits per heavy atom. The van der Waals surface area contributed by atoms with Gasteiger partial charge in [-0.3, -0.25) is 4.79 Å². The lowest BCUT2D eigenvalue weighted by molar-refractivity contribution is -0.0102. The third-order valence-corrected chi connectivity index (χ3v) is 6.05. The normalized spacial score (nSPS) is 18.4. The molecular formula is C25H30F2N4O. The van der Waals surface area contributed by atoms with Crippen LogP contribution in [-0.2, 0) is 0 Å². The molecule has 0 atom stereocenters. The average molecular weight is 441 g/mol. The second-order valence-corrected chi connectivity index (χ2v) is 8.58. The predicted octanol–water partition coefficient (Wildman–Crippen LogP) is 5.68. The second kappa shape index (κ2) is 9.18. The monoisotopic (exact) mass is 440 g/mol. The first-order valence-corrected chi connectivity index (χ1v) is 11.1. The lowest BCUT2D eigenvalue weighted by Crippen LogP contribution is -2.32. The second-order valence-electron chi connectivity index (χ2n) is 8.58. The summed E-state index contributed by atoms with van der Waals surface area (Å²) in [5, 5.41) is 11.8. The van der Waals surface area contributed by atoms with E-state index in [0.717, 1.165) is 24.1 Å². The Balaban J connectivity index is 0.00000306. The highest BCUT2D eigenvalue weighted by Gasteiger charge is 2.34. The molecule has 0 saturated carbocycles. The van der Waals surface area contributed by atoms with Crippen LogP contribution in [0.4, 0.5) is 14.6 Å². The first kappa shape index (κ1) is 22.1. The zero-order chi connectivity index (χ0) is 22.7. The van der Waals surface area contributed by atoms with Crippen molar-refractivity contribution in [2.24, 2.45) is 0 Å². The van der Waals surface area contributed by atoms with E-state index >= 15 is 0 Å². The Morgan fingerprint density at radius 2 is 1.91 bits per heavy atom. The third kappa shape index (κ3) is 4.87. The van der Waals surface area contributed by atoms with Crippen LogP contribution in [0.25, 0.3) is 11.3 Å². The Hall–Kier alpha value is -3.09. The summed E-state index contributed by atoms with van der Waals surface area (Å²) >= 11 is 0. The Morgan fingerprint density at radius 1 is 1.12 bits per heavy atom. The molecule has 0 bridgehead atoms. The molecule has 2 heterocycles. The maximum Gasteiger partial charge on any atom is 0.259 e. The molecule has 0 unspecified atom stereocenters. The van der Waals surface area contributed by atoms with E-state index in [2.05, 4.69) is 15.5 Å². The van der Waals surface area contributed by atoms with E-state index in [4.69, 9.17) is 0 Å². The summed E-state index contributed by atoms with van der Waals surface area (Å²) in [5.74, 6) is -2.62. The number of carbonyl (C=O) groups is 1. The molecule has 2 aromatic rings. The number of amides is 1. The molecule has 5 nitrogen and oxygen atoms in total. The van der Waals surface area contributed by atoms with Gasteiger partial charge in [-0.2, -0.15) is 0 Å². The topological polar surface area (TPSA) is 58.1 Å². The van der Waals surface area contributed by atoms with Crippen molar-refractivity contribution in [3.8, 4) is 11.3 Å². The fourth-order valence-electron chi connectivity index (χ4n) is 4.28. The lowest BCUT2D eigenvalue weighted by Gasteiger charge is -2.25. The van der Waals surface area contributed by atoms with Crippen LogP contribution in [0, 0.1) is 6.92 Å². The molecule has 1 aliphatic carbocycles. The first-order chi connectivity index (χ1) is 15.3. The fourth-order valence-corrected chi connectivity index (χ4v) is 4.28. The number of halogens is 2. The summed E-state index contributed by atoms with van der Waals surface area (Å²) in [6.45, 7) is 4.43. The Labute approximate surface area is 188 Å². The molecule has 1 amide bonds. The van der Waals surface area contributed by atoms with Crippen LogP contribution in [-0.4, -0.2) is 35.1 Å². The van der Waals surface area contributed by atoms with Crippen molar-refractivity contribution in [2.45, 2.75) is 51.9 Å². The zero-order valence-corrected chi connectivity index (χ0v) is 18.5. The Bertz CT molecular complexity index is 1070. The number of hydrogen-bond donors (Lipinski definition) is 1. The molecule has 1 saturated heterocycles. The molecule has 7 heteroatoms. The van der Waals surface area contributed by atoms with Crippen molar-refractivity contribution in [3.05, 3.63) is 64.9 Å². The number of aromatic nitrogens is 2. The van der Waals surface area contributed by atoms with Crippen LogP contribution in [0.5, 0.6) is 0 Å². The van der Waals surface area contributed by atoms with Gasteiger partial charge in [-0.25, -0.2) is 8.78 Å². The number of nitrogens with one attached hydrogen (secondary N) is 1. The van der Waals surface area contributed by atoms with Gasteiger partial charge in [0.25, 0.3) is 5.91 Å². The summed E-state index contributed by atoms with van der Waals surface area (Å²) in [6, 6.07) is 9.56. The highest BCUT2D eigenvalue weighted by atomic mass is 19.3. The molecule has 2 aliphatic rings. The van der Waals surface area contributed by atoms with Crippen molar-refractivity contribution >= 4 is 11.7 Å². The summed E-state index contributed by atoms with van der Waals surface area (Å²) < 4.78 is 27.9. The number of hydrogen-bond acceptors (Lipinski definition) is 4. The van der Waals surface area contributed by atoms with Crippen molar-refractivity contribution in [2.75, 3.05) is 18.0 Å². The molecular weight excluding hydrogens is 410 g/mol. The van der Waals surface area contributed by atoms with Gasteiger partial charge >= 0.3 is 0 Å². The van der Waals surface area contributed by atoms with Crippen LogP contribution >= 0.6 is 0 Å². The number of allylic oxidation sites excluding steroid dienone is 3. The van der Waals surface area contributed by atoms with E-state index < -0.39 is 5.92 Å². The quantitative estimate of drug-likeness (QED) is 0.665. The van der Waals surface area contributed by atoms with E-state index in [-0.39, 0.29) is 26.7 Å². The van der Waals surface area contributed by atoms with Crippen molar-refractivity contribution in [1.82, 2.24) is 15.5 Å². The number of benzene rings is 1. The van der Waals surface area contributed by atoms with Crippen molar-refractivity contribution in [3.63, 3.8) is 0 Å². The van der Waals surface area contributed by atoms with Gasteiger partial charge in [0.1, 0.15) is 0 Å². The van der Waals surface area contributed by atoms with E-state index in [0.29, 0.717) is 35.6 Å². The minimum atomic E-state index is -2.70. The molecule has 1 N–H and O–H groups in total. The van der Waals surface area contributed by atoms with Crippen molar-refractivity contribution in [1.29, 1.82) is 0 Å². The van der Waals surface area contributed by atoms with Crippen LogP contribution < -0.4 is 10.2 Å². The minimum Gasteiger partial charge on any atom is -0.354 e. The molecule has 170 valence electrons. The number of anilines is 1. The van der Waals surface area contributed by atoms with Gasteiger partial charge in [-0.1, -0.05) is 42.0 Å². The largest absolute Gasteiger partial charge is 0.354 e. The smallest absolute Gasteiger partial charge is 0.259 e.